The molecule has 0 aliphatic rings. The number of nitrogens with two attached hydrogens (primary N) is 2. The zero-order valence-electron chi connectivity index (χ0n) is 5.93. The standard InChI is InChI=1S/C5H6N4O3/c6-3-1-2-8-5(11)9(3)12-4(7)10/h1-2H,6H2,(H2,7,10). The van der Waals surface area contributed by atoms with Crippen molar-refractivity contribution in [2.75, 3.05) is 5.73 Å². The quantitative estimate of drug-likeness (QED) is 0.523. The minimum absolute atomic E-state index is 0.0474. The van der Waals surface area contributed by atoms with Gasteiger partial charge in [-0.2, -0.15) is 4.98 Å². The number of aromatic nitrogens is 2. The highest BCUT2D eigenvalue weighted by Crippen LogP contribution is 1.91. The van der Waals surface area contributed by atoms with Gasteiger partial charge in [-0.3, -0.25) is 0 Å². The number of hydrogen-bond donors (Lipinski definition) is 2. The lowest BCUT2D eigenvalue weighted by molar-refractivity contribution is 0.139. The van der Waals surface area contributed by atoms with Crippen LogP contribution in [0, 0.1) is 0 Å². The van der Waals surface area contributed by atoms with E-state index in [4.69, 9.17) is 5.73 Å². The lowest BCUT2D eigenvalue weighted by Gasteiger charge is -2.03. The highest BCUT2D eigenvalue weighted by Gasteiger charge is 2.03. The third-order valence-corrected chi connectivity index (χ3v) is 1.02. The number of anilines is 1. The molecule has 1 aromatic rings. The number of amides is 1. The van der Waals surface area contributed by atoms with E-state index in [1.807, 2.05) is 0 Å². The van der Waals surface area contributed by atoms with Crippen molar-refractivity contribution in [2.24, 2.45) is 5.73 Å². The third kappa shape index (κ3) is 1.51. The third-order valence-electron chi connectivity index (χ3n) is 1.02. The van der Waals surface area contributed by atoms with Gasteiger partial charge >= 0.3 is 11.8 Å². The fraction of sp³-hybridized carbons (Fsp3) is 0. The van der Waals surface area contributed by atoms with E-state index in [2.05, 4.69) is 15.6 Å². The van der Waals surface area contributed by atoms with Gasteiger partial charge in [-0.05, 0) is 0 Å². The van der Waals surface area contributed by atoms with Crippen molar-refractivity contribution in [3.8, 4) is 0 Å². The number of hydrogen-bond acceptors (Lipinski definition) is 5. The molecular weight excluding hydrogens is 164 g/mol. The van der Waals surface area contributed by atoms with E-state index in [9.17, 15) is 9.59 Å². The normalized spacial score (nSPS) is 9.33. The molecule has 1 rings (SSSR count). The van der Waals surface area contributed by atoms with Crippen molar-refractivity contribution in [1.82, 2.24) is 9.71 Å². The minimum Gasteiger partial charge on any atom is -0.382 e. The van der Waals surface area contributed by atoms with Crippen molar-refractivity contribution in [1.29, 1.82) is 0 Å². The molecule has 0 aliphatic carbocycles. The molecule has 7 nitrogen and oxygen atoms in total. The monoisotopic (exact) mass is 170 g/mol. The summed E-state index contributed by atoms with van der Waals surface area (Å²) in [5.74, 6) is -0.0474. The van der Waals surface area contributed by atoms with E-state index >= 15 is 0 Å². The van der Waals surface area contributed by atoms with Crippen molar-refractivity contribution >= 4 is 11.9 Å². The Balaban J connectivity index is 3.13. The molecule has 0 spiro atoms. The van der Waals surface area contributed by atoms with Gasteiger partial charge in [-0.25, -0.2) is 9.59 Å². The molecule has 0 bridgehead atoms. The van der Waals surface area contributed by atoms with Crippen LogP contribution < -0.4 is 22.0 Å². The predicted molar refractivity (Wildman–Crippen MR) is 39.1 cm³/mol. The Morgan fingerprint density at radius 3 is 2.83 bits per heavy atom. The number of primary amides is 1. The van der Waals surface area contributed by atoms with Crippen LogP contribution in [0.4, 0.5) is 10.6 Å². The molecule has 64 valence electrons. The number of nitrogens with zero attached hydrogens (tertiary/aromatic N) is 2. The first-order valence-corrected chi connectivity index (χ1v) is 2.92. The molecule has 0 atom stereocenters. The molecule has 0 saturated carbocycles. The lowest BCUT2D eigenvalue weighted by Crippen LogP contribution is -2.36. The second-order valence-corrected chi connectivity index (χ2v) is 1.86. The summed E-state index contributed by atoms with van der Waals surface area (Å²) < 4.78 is 0.502. The van der Waals surface area contributed by atoms with Crippen LogP contribution >= 0.6 is 0 Å². The first-order chi connectivity index (χ1) is 5.61. The van der Waals surface area contributed by atoms with Crippen LogP contribution in [-0.4, -0.2) is 15.8 Å². The van der Waals surface area contributed by atoms with E-state index in [1.54, 1.807) is 0 Å². The molecule has 0 radical (unpaired) electrons. The molecule has 1 aromatic heterocycles. The zero-order chi connectivity index (χ0) is 9.14. The van der Waals surface area contributed by atoms with Gasteiger partial charge in [-0.1, -0.05) is 0 Å². The molecule has 1 amide bonds. The van der Waals surface area contributed by atoms with Gasteiger partial charge in [-0.15, -0.1) is 4.73 Å². The SMILES string of the molecule is NC(=O)On1c(N)ccnc1=O. The molecule has 0 fully saturated rings. The van der Waals surface area contributed by atoms with E-state index < -0.39 is 11.8 Å². The predicted octanol–water partition coefficient (Wildman–Crippen LogP) is -1.67. The Hall–Kier alpha value is -2.05. The average Bonchev–Trinajstić information content (AvgIpc) is 1.97. The highest BCUT2D eigenvalue weighted by molar-refractivity contribution is 5.65. The summed E-state index contributed by atoms with van der Waals surface area (Å²) in [6.45, 7) is 0. The zero-order valence-corrected chi connectivity index (χ0v) is 5.93. The van der Waals surface area contributed by atoms with Gasteiger partial charge in [0.25, 0.3) is 0 Å². The van der Waals surface area contributed by atoms with Crippen LogP contribution in [-0.2, 0) is 0 Å². The van der Waals surface area contributed by atoms with Crippen LogP contribution in [0.2, 0.25) is 0 Å². The maximum absolute atomic E-state index is 10.8. The van der Waals surface area contributed by atoms with Crippen LogP contribution in [0.1, 0.15) is 0 Å². The summed E-state index contributed by atoms with van der Waals surface area (Å²) in [7, 11) is 0. The average molecular weight is 170 g/mol. The van der Waals surface area contributed by atoms with Crippen LogP contribution in [0.3, 0.4) is 0 Å². The van der Waals surface area contributed by atoms with Crippen molar-refractivity contribution in [3.63, 3.8) is 0 Å². The Morgan fingerprint density at radius 1 is 1.67 bits per heavy atom. The first kappa shape index (κ1) is 8.05. The molecule has 0 aliphatic heterocycles. The highest BCUT2D eigenvalue weighted by atomic mass is 16.7. The molecule has 0 saturated heterocycles. The number of carbonyl (C=O) groups is 1. The Kier molecular flexibility index (Phi) is 1.95. The molecule has 7 heteroatoms. The Morgan fingerprint density at radius 2 is 2.33 bits per heavy atom. The van der Waals surface area contributed by atoms with Gasteiger partial charge in [0.05, 0.1) is 0 Å². The fourth-order valence-corrected chi connectivity index (χ4v) is 0.590. The maximum Gasteiger partial charge on any atom is 0.429 e. The van der Waals surface area contributed by atoms with E-state index in [-0.39, 0.29) is 5.82 Å². The van der Waals surface area contributed by atoms with Gasteiger partial charge < -0.3 is 16.3 Å². The van der Waals surface area contributed by atoms with Crippen LogP contribution in [0.5, 0.6) is 0 Å². The number of rotatable bonds is 1. The summed E-state index contributed by atoms with van der Waals surface area (Å²) in [6, 6.07) is 1.30. The number of carbonyl (C=O) groups excluding carboxylic acids is 1. The molecule has 1 heterocycles. The van der Waals surface area contributed by atoms with Gasteiger partial charge in [0.15, 0.2) is 0 Å². The maximum atomic E-state index is 10.8. The summed E-state index contributed by atoms with van der Waals surface area (Å²) >= 11 is 0. The summed E-state index contributed by atoms with van der Waals surface area (Å²) in [4.78, 5) is 28.6. The van der Waals surface area contributed by atoms with Gasteiger partial charge in [0.1, 0.15) is 5.82 Å². The number of nitrogen functional groups attached to an aromatic ring is 1. The van der Waals surface area contributed by atoms with Gasteiger partial charge in [0, 0.05) is 12.3 Å². The first-order valence-electron chi connectivity index (χ1n) is 2.92. The minimum atomic E-state index is -1.13. The van der Waals surface area contributed by atoms with Crippen molar-refractivity contribution in [3.05, 3.63) is 22.7 Å². The fourth-order valence-electron chi connectivity index (χ4n) is 0.590. The largest absolute Gasteiger partial charge is 0.429 e. The second-order valence-electron chi connectivity index (χ2n) is 1.86. The molecule has 0 aromatic carbocycles. The molecule has 0 unspecified atom stereocenters. The Bertz CT molecular complexity index is 358. The van der Waals surface area contributed by atoms with Gasteiger partial charge in [0.2, 0.25) is 0 Å². The van der Waals surface area contributed by atoms with Crippen LogP contribution in [0.25, 0.3) is 0 Å². The van der Waals surface area contributed by atoms with E-state index in [0.717, 1.165) is 0 Å². The second kappa shape index (κ2) is 2.91. The molecular formula is C5H6N4O3. The molecule has 12 heavy (non-hydrogen) atoms. The van der Waals surface area contributed by atoms with Crippen molar-refractivity contribution in [2.45, 2.75) is 0 Å². The van der Waals surface area contributed by atoms with Crippen LogP contribution in [0.15, 0.2) is 17.1 Å². The molecule has 4 N–H and O–H groups in total. The summed E-state index contributed by atoms with van der Waals surface area (Å²) in [5, 5.41) is 0. The summed E-state index contributed by atoms with van der Waals surface area (Å²) in [5.41, 5.74) is 9.12. The summed E-state index contributed by atoms with van der Waals surface area (Å²) in [6.07, 6.45) is 0.0650. The topological polar surface area (TPSA) is 113 Å². The lowest BCUT2D eigenvalue weighted by atomic mass is 10.6. The Labute approximate surface area is 66.5 Å². The van der Waals surface area contributed by atoms with E-state index in [1.165, 1.54) is 12.3 Å². The smallest absolute Gasteiger partial charge is 0.382 e. The van der Waals surface area contributed by atoms with Crippen molar-refractivity contribution < 1.29 is 9.63 Å². The van der Waals surface area contributed by atoms with E-state index in [0.29, 0.717) is 4.73 Å².